The largest absolute Gasteiger partial charge is 0.508 e. The van der Waals surface area contributed by atoms with E-state index < -0.39 is 5.60 Å². The molecule has 4 aliphatic rings. The Kier molecular flexibility index (Phi) is 4.87. The van der Waals surface area contributed by atoms with E-state index in [-0.39, 0.29) is 16.4 Å². The normalized spacial score (nSPS) is 46.6. The molecule has 0 aromatic heterocycles. The maximum absolute atomic E-state index is 12.1. The monoisotopic (exact) mass is 428 g/mol. The van der Waals surface area contributed by atoms with Gasteiger partial charge in [-0.1, -0.05) is 26.0 Å². The van der Waals surface area contributed by atoms with Crippen LogP contribution in [0.4, 0.5) is 0 Å². The van der Waals surface area contributed by atoms with E-state index in [1.807, 2.05) is 12.1 Å². The highest BCUT2D eigenvalue weighted by atomic mass is 32.1. The number of ketones is 1. The average Bonchev–Trinajstić information content (AvgIpc) is 3.01. The van der Waals surface area contributed by atoms with Crippen LogP contribution in [0.3, 0.4) is 0 Å². The molecule has 0 heterocycles. The first kappa shape index (κ1) is 20.9. The Morgan fingerprint density at radius 1 is 1.00 bits per heavy atom. The Hall–Kier alpha value is -1.00. The number of fused-ring (bicyclic) bond motifs is 5. The van der Waals surface area contributed by atoms with Gasteiger partial charge in [0, 0.05) is 18.3 Å². The zero-order valence-corrected chi connectivity index (χ0v) is 19.2. The van der Waals surface area contributed by atoms with Gasteiger partial charge in [-0.05, 0) is 91.7 Å². The van der Waals surface area contributed by atoms with Crippen molar-refractivity contribution in [2.24, 2.45) is 34.5 Å². The first-order valence-electron chi connectivity index (χ1n) is 11.9. The van der Waals surface area contributed by atoms with Crippen molar-refractivity contribution in [3.05, 3.63) is 29.8 Å². The molecule has 1 aromatic carbocycles. The van der Waals surface area contributed by atoms with Crippen molar-refractivity contribution in [3.8, 4) is 5.75 Å². The van der Waals surface area contributed by atoms with Crippen LogP contribution in [-0.2, 0) is 4.79 Å². The molecule has 0 radical (unpaired) electrons. The van der Waals surface area contributed by atoms with Crippen LogP contribution in [0.1, 0.15) is 82.4 Å². The molecule has 0 amide bonds. The van der Waals surface area contributed by atoms with Crippen molar-refractivity contribution < 1.29 is 15.0 Å². The van der Waals surface area contributed by atoms with Crippen LogP contribution in [-0.4, -0.2) is 21.6 Å². The molecule has 0 aliphatic heterocycles. The van der Waals surface area contributed by atoms with Gasteiger partial charge in [-0.15, -0.1) is 0 Å². The second-order valence-corrected chi connectivity index (χ2v) is 11.8. The molecule has 2 N–H and O–H groups in total. The summed E-state index contributed by atoms with van der Waals surface area (Å²) in [5.74, 6) is 3.17. The predicted octanol–water partition coefficient (Wildman–Crippen LogP) is 5.71. The molecular weight excluding hydrogens is 392 g/mol. The zero-order chi connectivity index (χ0) is 21.3. The lowest BCUT2D eigenvalue weighted by Gasteiger charge is -2.61. The highest BCUT2D eigenvalue weighted by molar-refractivity contribution is 7.80. The van der Waals surface area contributed by atoms with E-state index in [0.717, 1.165) is 50.5 Å². The molecule has 0 saturated heterocycles. The number of rotatable bonds is 2. The van der Waals surface area contributed by atoms with Crippen molar-refractivity contribution in [2.75, 3.05) is 0 Å². The third-order valence-electron chi connectivity index (χ3n) is 10.4. The molecule has 4 heteroatoms. The highest BCUT2D eigenvalue weighted by Gasteiger charge is 2.66. The SMILES string of the molecule is C[C@]12CCC(=O)CC1CC[C@@H]1[C@H]2CC[C@@]2(C)[C@H]1CCC2(O)C(S)c1ccc(O)cc1. The summed E-state index contributed by atoms with van der Waals surface area (Å²) in [6.45, 7) is 4.80. The molecule has 3 unspecified atom stereocenters. The van der Waals surface area contributed by atoms with Gasteiger partial charge in [0.1, 0.15) is 11.5 Å². The van der Waals surface area contributed by atoms with Gasteiger partial charge >= 0.3 is 0 Å². The number of carbonyl (C=O) groups excluding carboxylic acids is 1. The van der Waals surface area contributed by atoms with E-state index in [4.69, 9.17) is 12.6 Å². The number of aromatic hydroxyl groups is 1. The van der Waals surface area contributed by atoms with Crippen LogP contribution in [0.25, 0.3) is 0 Å². The van der Waals surface area contributed by atoms with Crippen LogP contribution in [0.15, 0.2) is 24.3 Å². The van der Waals surface area contributed by atoms with E-state index in [9.17, 15) is 15.0 Å². The lowest BCUT2D eigenvalue weighted by molar-refractivity contribution is -0.157. The number of carbonyl (C=O) groups is 1. The molecule has 0 spiro atoms. The van der Waals surface area contributed by atoms with Gasteiger partial charge in [-0.25, -0.2) is 0 Å². The molecular formula is C26H36O3S. The fourth-order valence-corrected chi connectivity index (χ4v) is 9.07. The second kappa shape index (κ2) is 7.00. The first-order valence-corrected chi connectivity index (χ1v) is 12.4. The zero-order valence-electron chi connectivity index (χ0n) is 18.3. The quantitative estimate of drug-likeness (QED) is 0.529. The van der Waals surface area contributed by atoms with Crippen LogP contribution >= 0.6 is 12.6 Å². The van der Waals surface area contributed by atoms with E-state index in [1.165, 1.54) is 12.8 Å². The fourth-order valence-electron chi connectivity index (χ4n) is 8.48. The number of hydrogen-bond donors (Lipinski definition) is 3. The molecule has 5 rings (SSSR count). The Morgan fingerprint density at radius 2 is 1.70 bits per heavy atom. The molecule has 8 atom stereocenters. The summed E-state index contributed by atoms with van der Waals surface area (Å²) in [5.41, 5.74) is 0.329. The lowest BCUT2D eigenvalue weighted by Crippen LogP contribution is -2.57. The maximum atomic E-state index is 12.1. The highest BCUT2D eigenvalue weighted by Crippen LogP contribution is 2.70. The summed E-state index contributed by atoms with van der Waals surface area (Å²) in [6.07, 6.45) is 9.09. The molecule has 4 saturated carbocycles. The van der Waals surface area contributed by atoms with Gasteiger partial charge in [0.15, 0.2) is 0 Å². The second-order valence-electron chi connectivity index (χ2n) is 11.3. The Labute approximate surface area is 186 Å². The predicted molar refractivity (Wildman–Crippen MR) is 122 cm³/mol. The van der Waals surface area contributed by atoms with Crippen molar-refractivity contribution in [3.63, 3.8) is 0 Å². The fraction of sp³-hybridized carbons (Fsp3) is 0.731. The topological polar surface area (TPSA) is 57.5 Å². The first-order chi connectivity index (χ1) is 14.2. The minimum Gasteiger partial charge on any atom is -0.508 e. The van der Waals surface area contributed by atoms with E-state index in [2.05, 4.69) is 13.8 Å². The number of phenols is 1. The Bertz CT molecular complexity index is 837. The van der Waals surface area contributed by atoms with Crippen LogP contribution < -0.4 is 0 Å². The summed E-state index contributed by atoms with van der Waals surface area (Å²) < 4.78 is 0. The van der Waals surface area contributed by atoms with E-state index >= 15 is 0 Å². The maximum Gasteiger partial charge on any atom is 0.133 e. The lowest BCUT2D eigenvalue weighted by atomic mass is 9.44. The van der Waals surface area contributed by atoms with Gasteiger partial charge in [0.25, 0.3) is 0 Å². The standard InChI is InChI=1S/C26H36O3S/c1-24-12-9-19(28)15-17(24)5-8-20-21(24)10-13-25(2)22(20)11-14-26(25,29)23(30)16-3-6-18(27)7-4-16/h3-4,6-7,17,20-23,27,29-30H,5,8-15H2,1-2H3/t17?,20-,21-,22+,23?,24+,25+,26?/m1/s1. The summed E-state index contributed by atoms with van der Waals surface area (Å²) in [5, 5.41) is 21.5. The summed E-state index contributed by atoms with van der Waals surface area (Å²) in [6, 6.07) is 7.19. The van der Waals surface area contributed by atoms with Crippen LogP contribution in [0, 0.1) is 34.5 Å². The summed E-state index contributed by atoms with van der Waals surface area (Å²) >= 11 is 4.96. The molecule has 4 aliphatic carbocycles. The van der Waals surface area contributed by atoms with E-state index in [1.54, 1.807) is 12.1 Å². The van der Waals surface area contributed by atoms with E-state index in [0.29, 0.717) is 34.9 Å². The van der Waals surface area contributed by atoms with Gasteiger partial charge < -0.3 is 10.2 Å². The molecule has 3 nitrogen and oxygen atoms in total. The van der Waals surface area contributed by atoms with Gasteiger partial charge in [0.05, 0.1) is 10.9 Å². The van der Waals surface area contributed by atoms with Crippen LogP contribution in [0.5, 0.6) is 5.75 Å². The molecule has 30 heavy (non-hydrogen) atoms. The molecule has 0 bridgehead atoms. The smallest absolute Gasteiger partial charge is 0.133 e. The van der Waals surface area contributed by atoms with Gasteiger partial charge in [-0.3, -0.25) is 4.79 Å². The summed E-state index contributed by atoms with van der Waals surface area (Å²) in [4.78, 5) is 12.1. The minimum absolute atomic E-state index is 0.133. The van der Waals surface area contributed by atoms with Crippen molar-refractivity contribution in [2.45, 2.75) is 82.5 Å². The average molecular weight is 429 g/mol. The molecule has 164 valence electrons. The number of phenolic OH excluding ortho intramolecular Hbond substituents is 1. The van der Waals surface area contributed by atoms with Crippen molar-refractivity contribution in [1.29, 1.82) is 0 Å². The third-order valence-corrected chi connectivity index (χ3v) is 11.1. The van der Waals surface area contributed by atoms with Crippen molar-refractivity contribution >= 4 is 18.4 Å². The van der Waals surface area contributed by atoms with Crippen LogP contribution in [0.2, 0.25) is 0 Å². The number of Topliss-reactive ketones (excluding diaryl/α,β-unsaturated/α-hetero) is 1. The molecule has 4 fully saturated rings. The number of benzene rings is 1. The number of aliphatic hydroxyl groups is 1. The Balaban J connectivity index is 1.44. The number of thiol groups is 1. The van der Waals surface area contributed by atoms with Crippen molar-refractivity contribution in [1.82, 2.24) is 0 Å². The Morgan fingerprint density at radius 3 is 2.43 bits per heavy atom. The minimum atomic E-state index is -0.830. The van der Waals surface area contributed by atoms with Gasteiger partial charge in [-0.2, -0.15) is 12.6 Å². The summed E-state index contributed by atoms with van der Waals surface area (Å²) in [7, 11) is 0. The molecule has 1 aromatic rings. The third kappa shape index (κ3) is 2.78. The van der Waals surface area contributed by atoms with Gasteiger partial charge in [0.2, 0.25) is 0 Å². The number of hydrogen-bond acceptors (Lipinski definition) is 4.